The maximum atomic E-state index is 12.9. The van der Waals surface area contributed by atoms with Crippen molar-refractivity contribution < 1.29 is 14.4 Å². The van der Waals surface area contributed by atoms with E-state index in [1.165, 1.54) is 11.0 Å². The van der Waals surface area contributed by atoms with Crippen molar-refractivity contribution in [3.63, 3.8) is 0 Å². The van der Waals surface area contributed by atoms with Gasteiger partial charge in [-0.3, -0.25) is 14.4 Å². The number of imide groups is 1. The minimum atomic E-state index is -0.207. The van der Waals surface area contributed by atoms with E-state index in [-0.39, 0.29) is 41.3 Å². The molecule has 4 nitrogen and oxygen atoms in total. The number of nitrogens with zero attached hydrogens (tertiary/aromatic N) is 1. The van der Waals surface area contributed by atoms with Gasteiger partial charge in [0.2, 0.25) is 11.8 Å². The number of amides is 2. The van der Waals surface area contributed by atoms with Crippen LogP contribution in [0.2, 0.25) is 0 Å². The summed E-state index contributed by atoms with van der Waals surface area (Å²) in [5.41, 5.74) is 1.98. The van der Waals surface area contributed by atoms with E-state index in [9.17, 15) is 14.4 Å². The smallest absolute Gasteiger partial charge is 0.238 e. The third-order valence-corrected chi connectivity index (χ3v) is 6.08. The van der Waals surface area contributed by atoms with Crippen LogP contribution in [0.25, 0.3) is 6.08 Å². The number of ketones is 1. The second-order valence-electron chi connectivity index (χ2n) is 7.67. The minimum Gasteiger partial charge on any atom is -0.289 e. The molecular weight excluding hydrogens is 350 g/mol. The van der Waals surface area contributed by atoms with Crippen LogP contribution in [0.3, 0.4) is 0 Å². The highest BCUT2D eigenvalue weighted by Crippen LogP contribution is 2.53. The second kappa shape index (κ2) is 6.41. The lowest BCUT2D eigenvalue weighted by molar-refractivity contribution is -0.123. The van der Waals surface area contributed by atoms with Crippen LogP contribution in [0.5, 0.6) is 0 Å². The van der Waals surface area contributed by atoms with E-state index < -0.39 is 0 Å². The van der Waals surface area contributed by atoms with Gasteiger partial charge in [0, 0.05) is 5.56 Å². The summed E-state index contributed by atoms with van der Waals surface area (Å²) in [7, 11) is 0. The van der Waals surface area contributed by atoms with Crippen molar-refractivity contribution in [2.45, 2.75) is 6.42 Å². The van der Waals surface area contributed by atoms with Crippen LogP contribution >= 0.6 is 0 Å². The molecule has 0 radical (unpaired) electrons. The first-order valence-corrected chi connectivity index (χ1v) is 9.57. The van der Waals surface area contributed by atoms with Gasteiger partial charge in [-0.25, -0.2) is 4.90 Å². The van der Waals surface area contributed by atoms with Crippen LogP contribution in [0.15, 0.2) is 72.8 Å². The Kier molecular flexibility index (Phi) is 3.86. The summed E-state index contributed by atoms with van der Waals surface area (Å²) in [5, 5.41) is 0. The van der Waals surface area contributed by atoms with E-state index in [4.69, 9.17) is 0 Å². The minimum absolute atomic E-state index is 0.0866. The lowest BCUT2D eigenvalue weighted by Crippen LogP contribution is -2.32. The summed E-state index contributed by atoms with van der Waals surface area (Å²) in [4.78, 5) is 39.5. The molecule has 0 N–H and O–H groups in total. The molecule has 2 amide bonds. The van der Waals surface area contributed by atoms with E-state index >= 15 is 0 Å². The Hall–Kier alpha value is -3.27. The summed E-state index contributed by atoms with van der Waals surface area (Å²) in [5.74, 6) is -0.285. The SMILES string of the molecule is O=C(/C=C/c1cccc(N2C(=O)[C@@H]3[C@@H](C2=O)[C@@H]2C=C[C@@H]3C2)c1)c1ccccc1. The summed E-state index contributed by atoms with van der Waals surface area (Å²) in [6.07, 6.45) is 8.34. The first-order chi connectivity index (χ1) is 13.6. The van der Waals surface area contributed by atoms with E-state index in [1.807, 2.05) is 30.3 Å². The number of hydrogen-bond donors (Lipinski definition) is 0. The van der Waals surface area contributed by atoms with E-state index in [1.54, 1.807) is 30.3 Å². The molecule has 0 unspecified atom stereocenters. The number of anilines is 1. The molecule has 2 aromatic carbocycles. The van der Waals surface area contributed by atoms with Crippen molar-refractivity contribution in [2.75, 3.05) is 4.90 Å². The normalized spacial score (nSPS) is 27.8. The maximum absolute atomic E-state index is 12.9. The van der Waals surface area contributed by atoms with E-state index in [0.717, 1.165) is 12.0 Å². The molecule has 2 fully saturated rings. The highest BCUT2D eigenvalue weighted by Gasteiger charge is 2.59. The highest BCUT2D eigenvalue weighted by atomic mass is 16.2. The number of rotatable bonds is 4. The van der Waals surface area contributed by atoms with Gasteiger partial charge in [-0.15, -0.1) is 0 Å². The molecule has 1 heterocycles. The van der Waals surface area contributed by atoms with Gasteiger partial charge in [-0.05, 0) is 42.0 Å². The van der Waals surface area contributed by atoms with E-state index in [2.05, 4.69) is 12.2 Å². The molecule has 4 heteroatoms. The van der Waals surface area contributed by atoms with Crippen LogP contribution in [0, 0.1) is 23.7 Å². The lowest BCUT2D eigenvalue weighted by Gasteiger charge is -2.17. The quantitative estimate of drug-likeness (QED) is 0.356. The van der Waals surface area contributed by atoms with Gasteiger partial charge in [0.05, 0.1) is 17.5 Å². The molecule has 3 aliphatic rings. The van der Waals surface area contributed by atoms with Gasteiger partial charge < -0.3 is 0 Å². The molecule has 1 aliphatic heterocycles. The fourth-order valence-electron chi connectivity index (χ4n) is 4.79. The fourth-order valence-corrected chi connectivity index (χ4v) is 4.79. The third kappa shape index (κ3) is 2.56. The summed E-state index contributed by atoms with van der Waals surface area (Å²) >= 11 is 0. The number of hydrogen-bond acceptors (Lipinski definition) is 3. The van der Waals surface area contributed by atoms with Gasteiger partial charge in [-0.2, -0.15) is 0 Å². The monoisotopic (exact) mass is 369 g/mol. The number of carbonyl (C=O) groups excluding carboxylic acids is 3. The second-order valence-corrected chi connectivity index (χ2v) is 7.67. The Morgan fingerprint density at radius 1 is 0.893 bits per heavy atom. The van der Waals surface area contributed by atoms with Gasteiger partial charge in [-0.1, -0.05) is 60.7 Å². The Bertz CT molecular complexity index is 1010. The predicted octanol–water partition coefficient (Wildman–Crippen LogP) is 3.89. The van der Waals surface area contributed by atoms with Crippen molar-refractivity contribution in [2.24, 2.45) is 23.7 Å². The molecule has 0 spiro atoms. The van der Waals surface area contributed by atoms with Crippen molar-refractivity contribution in [3.8, 4) is 0 Å². The van der Waals surface area contributed by atoms with Crippen molar-refractivity contribution in [1.82, 2.24) is 0 Å². The van der Waals surface area contributed by atoms with E-state index in [0.29, 0.717) is 11.3 Å². The zero-order chi connectivity index (χ0) is 19.3. The van der Waals surface area contributed by atoms with Gasteiger partial charge in [0.1, 0.15) is 0 Å². The zero-order valence-electron chi connectivity index (χ0n) is 15.2. The Labute approximate surface area is 163 Å². The van der Waals surface area contributed by atoms with Gasteiger partial charge >= 0.3 is 0 Å². The average Bonchev–Trinajstić information content (AvgIpc) is 3.41. The molecule has 2 aliphatic carbocycles. The molecular formula is C24H19NO3. The van der Waals surface area contributed by atoms with Crippen LogP contribution in [0.4, 0.5) is 5.69 Å². The largest absolute Gasteiger partial charge is 0.289 e. The van der Waals surface area contributed by atoms with Crippen molar-refractivity contribution in [1.29, 1.82) is 0 Å². The molecule has 138 valence electrons. The molecule has 1 saturated heterocycles. The fraction of sp³-hybridized carbons (Fsp3) is 0.208. The van der Waals surface area contributed by atoms with Crippen molar-refractivity contribution in [3.05, 3.63) is 84.0 Å². The van der Waals surface area contributed by atoms with Gasteiger partial charge in [0.15, 0.2) is 5.78 Å². The molecule has 28 heavy (non-hydrogen) atoms. The Morgan fingerprint density at radius 3 is 2.25 bits per heavy atom. The highest BCUT2D eigenvalue weighted by molar-refractivity contribution is 6.23. The third-order valence-electron chi connectivity index (χ3n) is 6.08. The van der Waals surface area contributed by atoms with Crippen LogP contribution in [-0.4, -0.2) is 17.6 Å². The maximum Gasteiger partial charge on any atom is 0.238 e. The van der Waals surface area contributed by atoms with Crippen molar-refractivity contribution >= 4 is 29.4 Å². The average molecular weight is 369 g/mol. The zero-order valence-corrected chi connectivity index (χ0v) is 15.2. The molecule has 2 bridgehead atoms. The number of carbonyl (C=O) groups is 3. The Morgan fingerprint density at radius 2 is 1.57 bits per heavy atom. The Balaban J connectivity index is 1.39. The number of allylic oxidation sites excluding steroid dienone is 3. The predicted molar refractivity (Wildman–Crippen MR) is 106 cm³/mol. The van der Waals surface area contributed by atoms with Crippen LogP contribution < -0.4 is 4.90 Å². The van der Waals surface area contributed by atoms with Crippen LogP contribution in [0.1, 0.15) is 22.3 Å². The number of benzene rings is 2. The first-order valence-electron chi connectivity index (χ1n) is 9.57. The number of fused-ring (bicyclic) bond motifs is 5. The summed E-state index contributed by atoms with van der Waals surface area (Å²) in [6.45, 7) is 0. The topological polar surface area (TPSA) is 54.5 Å². The van der Waals surface area contributed by atoms with Crippen LogP contribution in [-0.2, 0) is 9.59 Å². The molecule has 5 rings (SSSR count). The molecule has 1 saturated carbocycles. The molecule has 0 aromatic heterocycles. The summed E-state index contributed by atoms with van der Waals surface area (Å²) in [6, 6.07) is 16.3. The van der Waals surface area contributed by atoms with Gasteiger partial charge in [0.25, 0.3) is 0 Å². The lowest BCUT2D eigenvalue weighted by atomic mass is 9.85. The first kappa shape index (κ1) is 16.9. The summed E-state index contributed by atoms with van der Waals surface area (Å²) < 4.78 is 0. The molecule has 2 aromatic rings. The standard InChI is InChI=1S/C24H19NO3/c26-20(16-6-2-1-3-7-16)12-9-15-5-4-8-19(13-15)25-23(27)21-17-10-11-18(14-17)22(21)24(25)28/h1-13,17-18,21-22H,14H2/b12-9+/t17-,18-,21+,22+/m1/s1. The molecule has 4 atom stereocenters.